The number of hydrogen-bond acceptors (Lipinski definition) is 9. The molecule has 0 aliphatic carbocycles. The molecule has 0 atom stereocenters. The summed E-state index contributed by atoms with van der Waals surface area (Å²) in [4.78, 5) is 57.9. The van der Waals surface area contributed by atoms with Gasteiger partial charge in [-0.05, 0) is 59.7 Å². The van der Waals surface area contributed by atoms with Crippen molar-refractivity contribution >= 4 is 67.3 Å². The van der Waals surface area contributed by atoms with E-state index in [1.807, 2.05) is 0 Å². The average molecular weight is 696 g/mol. The van der Waals surface area contributed by atoms with Crippen LogP contribution in [0.15, 0.2) is 36.8 Å². The number of esters is 1. The lowest BCUT2D eigenvalue weighted by Gasteiger charge is -2.19. The molecule has 0 saturated heterocycles. The van der Waals surface area contributed by atoms with Crippen LogP contribution in [0.3, 0.4) is 0 Å². The molecule has 3 heterocycles. The van der Waals surface area contributed by atoms with Gasteiger partial charge in [-0.25, -0.2) is 24.0 Å². The highest BCUT2D eigenvalue weighted by Crippen LogP contribution is 2.17. The fourth-order valence-corrected chi connectivity index (χ4v) is 3.56. The molecule has 0 fully saturated rings. The quantitative estimate of drug-likeness (QED) is 0.0906. The van der Waals surface area contributed by atoms with Crippen molar-refractivity contribution in [2.24, 2.45) is 21.1 Å². The van der Waals surface area contributed by atoms with Gasteiger partial charge in [-0.3, -0.25) is 15.5 Å². The SMILES string of the molecule is C.COC(=O)c1cc(NCl)cn1C.Cn1cc(NC(=O)OC(C)(C)C)cc1C(=O)O.Cn1cc(NC(=O)OC(C)(C)C)cc1C(=O)O.[B]. The number of carboxylic acid groups (broad SMARTS) is 2. The van der Waals surface area contributed by atoms with Gasteiger partial charge in [-0.1, -0.05) is 7.43 Å². The van der Waals surface area contributed by atoms with Gasteiger partial charge in [0.2, 0.25) is 0 Å². The Kier molecular flexibility index (Phi) is 17.8. The molecule has 0 aromatic carbocycles. The van der Waals surface area contributed by atoms with Crippen molar-refractivity contribution in [3.63, 3.8) is 0 Å². The summed E-state index contributed by atoms with van der Waals surface area (Å²) in [5, 5.41) is 22.6. The molecule has 16 nitrogen and oxygen atoms in total. The lowest BCUT2D eigenvalue weighted by molar-refractivity contribution is 0.0586. The van der Waals surface area contributed by atoms with E-state index < -0.39 is 35.3 Å². The van der Waals surface area contributed by atoms with Gasteiger partial charge in [0.05, 0.1) is 24.2 Å². The predicted octanol–water partition coefficient (Wildman–Crippen LogP) is 5.77. The van der Waals surface area contributed by atoms with Gasteiger partial charge < -0.3 is 38.1 Å². The van der Waals surface area contributed by atoms with E-state index >= 15 is 0 Å². The zero-order valence-electron chi connectivity index (χ0n) is 27.9. The first-order chi connectivity index (χ1) is 21.1. The third-order valence-corrected chi connectivity index (χ3v) is 5.47. The van der Waals surface area contributed by atoms with E-state index in [2.05, 4.69) is 20.2 Å². The van der Waals surface area contributed by atoms with Crippen molar-refractivity contribution in [2.75, 3.05) is 22.6 Å². The van der Waals surface area contributed by atoms with Crippen LogP contribution in [0.4, 0.5) is 26.7 Å². The van der Waals surface area contributed by atoms with Crippen molar-refractivity contribution in [2.45, 2.75) is 60.2 Å². The number of amides is 2. The van der Waals surface area contributed by atoms with E-state index in [0.717, 1.165) is 0 Å². The second-order valence-electron chi connectivity index (χ2n) is 11.6. The highest BCUT2D eigenvalue weighted by atomic mass is 35.5. The molecule has 3 rings (SSSR count). The zero-order chi connectivity index (χ0) is 35.6. The predicted molar refractivity (Wildman–Crippen MR) is 183 cm³/mol. The fourth-order valence-electron chi connectivity index (χ4n) is 3.46. The summed E-state index contributed by atoms with van der Waals surface area (Å²) in [5.74, 6) is -2.48. The Morgan fingerprint density at radius 2 is 0.979 bits per heavy atom. The third-order valence-electron chi connectivity index (χ3n) is 5.25. The second kappa shape index (κ2) is 18.9. The number of rotatable bonds is 6. The van der Waals surface area contributed by atoms with Crippen molar-refractivity contribution < 1.29 is 48.4 Å². The van der Waals surface area contributed by atoms with Gasteiger partial charge in [0.15, 0.2) is 0 Å². The minimum Gasteiger partial charge on any atom is -0.477 e. The molecule has 3 aromatic heterocycles. The van der Waals surface area contributed by atoms with E-state index in [-0.39, 0.29) is 33.2 Å². The molecule has 3 aromatic rings. The molecule has 3 radical (unpaired) electrons. The molecule has 0 bridgehead atoms. The Bertz CT molecular complexity index is 1470. The topological polar surface area (TPSA) is 204 Å². The third kappa shape index (κ3) is 15.5. The standard InChI is InChI=1S/2C11H16N2O4.C7H9ClN2O2.CH4.B/c2*1-11(2,3)17-10(16)12-7-5-8(9(14)15)13(4)6-7;1-10-4-5(9-8)3-6(10)7(11)12-2;;/h2*5-6H,1-4H3,(H,12,16)(H,14,15);3-4,9H,1-2H3;1H4;. The largest absolute Gasteiger partial charge is 0.477 e. The second-order valence-corrected chi connectivity index (χ2v) is 11.8. The van der Waals surface area contributed by atoms with Gasteiger partial charge in [0, 0.05) is 59.9 Å². The molecule has 0 spiro atoms. The van der Waals surface area contributed by atoms with E-state index in [1.54, 1.807) is 79.5 Å². The zero-order valence-corrected chi connectivity index (χ0v) is 28.7. The lowest BCUT2D eigenvalue weighted by atomic mass is 10.2. The number of nitrogens with one attached hydrogen (secondary N) is 3. The van der Waals surface area contributed by atoms with Crippen LogP contribution >= 0.6 is 11.8 Å². The smallest absolute Gasteiger partial charge is 0.412 e. The first kappa shape index (κ1) is 45.1. The van der Waals surface area contributed by atoms with Gasteiger partial charge in [-0.2, -0.15) is 0 Å². The average Bonchev–Trinajstić information content (AvgIpc) is 3.57. The highest BCUT2D eigenvalue weighted by Gasteiger charge is 2.19. The number of ether oxygens (including phenoxy) is 3. The summed E-state index contributed by atoms with van der Waals surface area (Å²) < 4.78 is 19.1. The Hall–Kier alpha value is -5.06. The molecule has 5 N–H and O–H groups in total. The Balaban J connectivity index is 0. The highest BCUT2D eigenvalue weighted by molar-refractivity contribution is 6.24. The Labute approximate surface area is 287 Å². The van der Waals surface area contributed by atoms with Crippen molar-refractivity contribution in [1.29, 1.82) is 0 Å². The summed E-state index contributed by atoms with van der Waals surface area (Å²) in [5.41, 5.74) is 0.911. The normalized spacial score (nSPS) is 10.2. The molecule has 265 valence electrons. The van der Waals surface area contributed by atoms with Gasteiger partial charge in [-0.15, -0.1) is 0 Å². The van der Waals surface area contributed by atoms with E-state index in [1.165, 1.54) is 40.8 Å². The van der Waals surface area contributed by atoms with Gasteiger partial charge in [0.25, 0.3) is 0 Å². The van der Waals surface area contributed by atoms with Crippen LogP contribution in [0.25, 0.3) is 0 Å². The minimum absolute atomic E-state index is 0. The molecule has 0 aliphatic rings. The van der Waals surface area contributed by atoms with E-state index in [0.29, 0.717) is 22.8 Å². The van der Waals surface area contributed by atoms with Gasteiger partial charge in [0.1, 0.15) is 28.3 Å². The van der Waals surface area contributed by atoms with Crippen LogP contribution < -0.4 is 15.5 Å². The maximum absolute atomic E-state index is 11.4. The summed E-state index contributed by atoms with van der Waals surface area (Å²) in [7, 11) is 6.25. The Morgan fingerprint density at radius 3 is 1.23 bits per heavy atom. The van der Waals surface area contributed by atoms with Crippen LogP contribution in [-0.2, 0) is 35.4 Å². The fraction of sp³-hybridized carbons (Fsp3) is 0.433. The van der Waals surface area contributed by atoms with Crippen LogP contribution in [-0.4, -0.2) is 80.7 Å². The van der Waals surface area contributed by atoms with E-state index in [4.69, 9.17) is 31.5 Å². The summed E-state index contributed by atoms with van der Waals surface area (Å²) in [6.45, 7) is 10.5. The number of carbonyl (C=O) groups is 5. The molecule has 2 amide bonds. The molecule has 48 heavy (non-hydrogen) atoms. The number of anilines is 3. The lowest BCUT2D eigenvalue weighted by Crippen LogP contribution is -2.27. The summed E-state index contributed by atoms with van der Waals surface area (Å²) in [6, 6.07) is 4.34. The summed E-state index contributed by atoms with van der Waals surface area (Å²) in [6.07, 6.45) is 3.49. The monoisotopic (exact) mass is 695 g/mol. The first-order valence-electron chi connectivity index (χ1n) is 13.5. The first-order valence-corrected chi connectivity index (χ1v) is 13.8. The maximum Gasteiger partial charge on any atom is 0.412 e. The van der Waals surface area contributed by atoms with Crippen molar-refractivity contribution in [3.8, 4) is 0 Å². The number of aromatic nitrogens is 3. The van der Waals surface area contributed by atoms with E-state index in [9.17, 15) is 24.0 Å². The van der Waals surface area contributed by atoms with Crippen molar-refractivity contribution in [3.05, 3.63) is 53.9 Å². The number of carboxylic acids is 2. The number of halogens is 1. The molecular weight excluding hydrogens is 651 g/mol. The Morgan fingerprint density at radius 1 is 0.667 bits per heavy atom. The number of methoxy groups -OCH3 is 1. The minimum atomic E-state index is -1.05. The van der Waals surface area contributed by atoms with Crippen molar-refractivity contribution in [1.82, 2.24) is 13.7 Å². The molecule has 18 heteroatoms. The number of aromatic carboxylic acids is 2. The molecule has 0 saturated carbocycles. The number of carbonyl (C=O) groups excluding carboxylic acids is 3. The number of aryl methyl sites for hydroxylation is 3. The number of nitrogens with zero attached hydrogens (tertiary/aromatic N) is 3. The maximum atomic E-state index is 11.4. The van der Waals surface area contributed by atoms with Crippen LogP contribution in [0.5, 0.6) is 0 Å². The van der Waals surface area contributed by atoms with Crippen LogP contribution in [0.2, 0.25) is 0 Å². The molecule has 0 unspecified atom stereocenters. The summed E-state index contributed by atoms with van der Waals surface area (Å²) >= 11 is 5.34. The molecule has 0 aliphatic heterocycles. The van der Waals surface area contributed by atoms with Crippen LogP contribution in [0.1, 0.15) is 80.4 Å². The van der Waals surface area contributed by atoms with Gasteiger partial charge >= 0.3 is 30.1 Å². The molecular formula is C30H45BClN6O10. The number of hydrogen-bond donors (Lipinski definition) is 5. The van der Waals surface area contributed by atoms with Crippen LogP contribution in [0, 0.1) is 0 Å².